The van der Waals surface area contributed by atoms with Crippen molar-refractivity contribution in [3.63, 3.8) is 0 Å². The first kappa shape index (κ1) is 61.7. The van der Waals surface area contributed by atoms with Crippen LogP contribution in [0.1, 0.15) is 148 Å². The number of benzene rings is 4. The number of esters is 1. The average Bonchev–Trinajstić information content (AvgIpc) is 4.01. The van der Waals surface area contributed by atoms with Gasteiger partial charge in [-0.2, -0.15) is 0 Å². The fourth-order valence-corrected chi connectivity index (χ4v) is 10.6. The normalized spacial score (nSPS) is 18.2. The van der Waals surface area contributed by atoms with E-state index < -0.39 is 64.8 Å². The molecule has 3 heterocycles. The lowest BCUT2D eigenvalue weighted by Crippen LogP contribution is -2.54. The van der Waals surface area contributed by atoms with Crippen LogP contribution in [0.15, 0.2) is 72.8 Å². The molecule has 6 atom stereocenters. The minimum Gasteiger partial charge on any atom is -0.493 e. The highest BCUT2D eigenvalue weighted by Gasteiger charge is 2.45. The average molecular weight is 1130 g/mol. The molecule has 3 aliphatic heterocycles. The minimum absolute atomic E-state index is 0.0316. The van der Waals surface area contributed by atoms with Crippen molar-refractivity contribution in [2.75, 3.05) is 67.2 Å². The number of carbonyl (C=O) groups is 7. The highest BCUT2D eigenvalue weighted by molar-refractivity contribution is 6.23. The van der Waals surface area contributed by atoms with Gasteiger partial charge in [0.1, 0.15) is 23.9 Å². The first-order valence-corrected chi connectivity index (χ1v) is 28.1. The summed E-state index contributed by atoms with van der Waals surface area (Å²) in [6.07, 6.45) is 4.28. The molecule has 4 aromatic carbocycles. The van der Waals surface area contributed by atoms with E-state index in [0.29, 0.717) is 109 Å². The number of piperidine rings is 2. The van der Waals surface area contributed by atoms with Crippen LogP contribution < -0.4 is 44.4 Å². The summed E-state index contributed by atoms with van der Waals surface area (Å²) >= 11 is 0. The molecular weight excluding hydrogens is 1050 g/mol. The predicted molar refractivity (Wildman–Crippen MR) is 305 cm³/mol. The van der Waals surface area contributed by atoms with Gasteiger partial charge in [-0.25, -0.2) is 4.79 Å². The number of carbonyl (C=O) groups excluding carboxylic acids is 7. The Morgan fingerprint density at radius 2 is 1.48 bits per heavy atom. The lowest BCUT2D eigenvalue weighted by Gasteiger charge is -2.37. The first-order valence-electron chi connectivity index (χ1n) is 28.1. The van der Waals surface area contributed by atoms with E-state index in [1.807, 2.05) is 58.9 Å². The van der Waals surface area contributed by atoms with Gasteiger partial charge in [0.05, 0.1) is 70.3 Å². The van der Waals surface area contributed by atoms with Crippen molar-refractivity contribution >= 4 is 47.1 Å². The molecule has 2 saturated heterocycles. The van der Waals surface area contributed by atoms with Gasteiger partial charge in [0.25, 0.3) is 17.7 Å². The van der Waals surface area contributed by atoms with Gasteiger partial charge in [0.15, 0.2) is 29.6 Å². The maximum atomic E-state index is 14.6. The summed E-state index contributed by atoms with van der Waals surface area (Å²) in [7, 11) is 7.70. The lowest BCUT2D eigenvalue weighted by molar-refractivity contribution is -0.162. The minimum atomic E-state index is -1.06. The zero-order chi connectivity index (χ0) is 59.3. The van der Waals surface area contributed by atoms with Crippen molar-refractivity contribution < 1.29 is 71.5 Å². The van der Waals surface area contributed by atoms with Crippen LogP contribution in [0.4, 0.5) is 5.69 Å². The summed E-state index contributed by atoms with van der Waals surface area (Å²) in [5.41, 5.74) is 1.95. The quantitative estimate of drug-likeness (QED) is 0.0358. The van der Waals surface area contributed by atoms with Gasteiger partial charge in [0, 0.05) is 25.2 Å². The molecular formula is C62H79N5O15. The van der Waals surface area contributed by atoms with Crippen molar-refractivity contribution in [2.45, 2.75) is 140 Å². The molecule has 0 radical (unpaired) electrons. The van der Waals surface area contributed by atoms with Crippen molar-refractivity contribution in [1.29, 1.82) is 0 Å². The number of imide groups is 2. The molecule has 0 bridgehead atoms. The summed E-state index contributed by atoms with van der Waals surface area (Å²) in [6, 6.07) is 19.3. The molecule has 3 unspecified atom stereocenters. The topological polar surface area (TPSA) is 236 Å². The van der Waals surface area contributed by atoms with E-state index in [1.54, 1.807) is 67.7 Å². The fraction of sp³-hybridized carbons (Fsp3) is 0.500. The van der Waals surface area contributed by atoms with Crippen molar-refractivity contribution in [2.24, 2.45) is 0 Å². The largest absolute Gasteiger partial charge is 0.493 e. The first-order chi connectivity index (χ1) is 39.3. The Labute approximate surface area is 480 Å². The van der Waals surface area contributed by atoms with Crippen molar-refractivity contribution in [3.8, 4) is 34.5 Å². The Balaban J connectivity index is 0.977. The van der Waals surface area contributed by atoms with Crippen molar-refractivity contribution in [1.82, 2.24) is 20.4 Å². The third kappa shape index (κ3) is 14.4. The van der Waals surface area contributed by atoms with Crippen LogP contribution in [0.25, 0.3) is 0 Å². The van der Waals surface area contributed by atoms with E-state index in [-0.39, 0.29) is 49.0 Å². The summed E-state index contributed by atoms with van der Waals surface area (Å²) in [4.78, 5) is 96.2. The van der Waals surface area contributed by atoms with E-state index in [0.717, 1.165) is 23.3 Å². The highest BCUT2D eigenvalue weighted by Crippen LogP contribution is 2.42. The highest BCUT2D eigenvalue weighted by atomic mass is 16.5. The van der Waals surface area contributed by atoms with E-state index in [1.165, 1.54) is 21.3 Å². The second kappa shape index (κ2) is 27.7. The summed E-state index contributed by atoms with van der Waals surface area (Å²) in [6.45, 7) is 10.6. The number of aryl methyl sites for hydroxylation is 1. The molecule has 2 fully saturated rings. The molecule has 7 rings (SSSR count). The van der Waals surface area contributed by atoms with Gasteiger partial charge in [-0.05, 0) is 149 Å². The molecule has 0 aromatic heterocycles. The van der Waals surface area contributed by atoms with Gasteiger partial charge in [0.2, 0.25) is 23.5 Å². The second-order valence-corrected chi connectivity index (χ2v) is 21.4. The Hall–Kier alpha value is -7.87. The van der Waals surface area contributed by atoms with E-state index >= 15 is 0 Å². The lowest BCUT2D eigenvalue weighted by atomic mass is 9.91. The van der Waals surface area contributed by atoms with Gasteiger partial charge < -0.3 is 53.4 Å². The maximum absolute atomic E-state index is 14.6. The standard InChI is InChI=1S/C62H79N5O15/c1-11-43(40-33-51(77-8)55(79-10)52(34-40)78-9)57(71)66-30-15-14-19-47(66)60(74)82-48(25-20-38-21-26-49(75-6)50(31-38)76-7)39-17-16-18-42(32-39)80-36-54(69)63-29-28-62(5,13-3)81-37-61(4,12-2)65-41-22-23-44-45(35-41)59(73)67(58(44)72)46-24-27-53(68)64-56(46)70/h16-18,21-23,26,31-35,43,46-48,65H,11-15,19-20,24-25,27-30,36-37H2,1-10H3,(H,63,69)(H,64,68,70)/t43-,46?,47-,48+,61?,62?/m0/s1. The molecule has 3 aliphatic rings. The van der Waals surface area contributed by atoms with Crippen LogP contribution in [0.2, 0.25) is 0 Å². The Bertz CT molecular complexity index is 2960. The summed E-state index contributed by atoms with van der Waals surface area (Å²) in [5, 5.41) is 8.67. The summed E-state index contributed by atoms with van der Waals surface area (Å²) in [5.74, 6) is -1.16. The number of amides is 6. The predicted octanol–water partition coefficient (Wildman–Crippen LogP) is 8.27. The van der Waals surface area contributed by atoms with E-state index in [2.05, 4.69) is 16.0 Å². The number of fused-ring (bicyclic) bond motifs is 1. The molecule has 3 N–H and O–H groups in total. The number of anilines is 1. The molecule has 20 heteroatoms. The second-order valence-electron chi connectivity index (χ2n) is 21.4. The number of likely N-dealkylation sites (tertiary alicyclic amines) is 1. The fourth-order valence-electron chi connectivity index (χ4n) is 10.6. The van der Waals surface area contributed by atoms with Crippen LogP contribution in [0, 0.1) is 0 Å². The van der Waals surface area contributed by atoms with Crippen LogP contribution in [-0.2, 0) is 39.9 Å². The van der Waals surface area contributed by atoms with Gasteiger partial charge in [-0.3, -0.25) is 39.0 Å². The SMILES string of the molecule is CC[C@H](C(=O)N1CCCC[C@H]1C(=O)O[C@H](CCc1ccc(OC)c(OC)c1)c1cccc(OCC(=O)NCCC(C)(CC)OCC(C)(CC)Nc2ccc3c(c2)C(=O)N(C2CCC(=O)NC2=O)C3=O)c1)c1cc(OC)c(OC)c(OC)c1. The smallest absolute Gasteiger partial charge is 0.329 e. The summed E-state index contributed by atoms with van der Waals surface area (Å²) < 4.78 is 46.9. The van der Waals surface area contributed by atoms with Crippen LogP contribution in [0.5, 0.6) is 34.5 Å². The number of rotatable bonds is 28. The zero-order valence-corrected chi connectivity index (χ0v) is 48.9. The molecule has 6 amide bonds. The van der Waals surface area contributed by atoms with Crippen molar-refractivity contribution in [3.05, 3.63) is 101 Å². The van der Waals surface area contributed by atoms with Crippen LogP contribution in [-0.4, -0.2) is 136 Å². The van der Waals surface area contributed by atoms with E-state index in [4.69, 9.17) is 37.9 Å². The number of nitrogens with zero attached hydrogens (tertiary/aromatic N) is 2. The van der Waals surface area contributed by atoms with E-state index in [9.17, 15) is 33.6 Å². The van der Waals surface area contributed by atoms with Gasteiger partial charge >= 0.3 is 5.97 Å². The number of nitrogens with one attached hydrogen (secondary N) is 3. The third-order valence-corrected chi connectivity index (χ3v) is 16.0. The maximum Gasteiger partial charge on any atom is 0.329 e. The Kier molecular flexibility index (Phi) is 20.9. The number of ether oxygens (including phenoxy) is 8. The monoisotopic (exact) mass is 1130 g/mol. The number of hydrogen-bond donors (Lipinski definition) is 3. The van der Waals surface area contributed by atoms with Crippen LogP contribution in [0.3, 0.4) is 0 Å². The molecule has 0 aliphatic carbocycles. The molecule has 4 aromatic rings. The molecule has 0 saturated carbocycles. The molecule has 442 valence electrons. The molecule has 0 spiro atoms. The number of hydrogen-bond acceptors (Lipinski definition) is 16. The zero-order valence-electron chi connectivity index (χ0n) is 48.9. The Morgan fingerprint density at radius 1 is 0.756 bits per heavy atom. The molecule has 82 heavy (non-hydrogen) atoms. The third-order valence-electron chi connectivity index (χ3n) is 16.0. The number of methoxy groups -OCH3 is 5. The van der Waals surface area contributed by atoms with Gasteiger partial charge in [-0.1, -0.05) is 39.0 Å². The van der Waals surface area contributed by atoms with Gasteiger partial charge in [-0.15, -0.1) is 0 Å². The molecule has 20 nitrogen and oxygen atoms in total. The van der Waals surface area contributed by atoms with Crippen LogP contribution >= 0.6 is 0 Å². The Morgan fingerprint density at radius 3 is 2.13 bits per heavy atom.